The number of nitrogens with one attached hydrogen (secondary N) is 1. The number of nitrogens with zero attached hydrogens (tertiary/aromatic N) is 2. The van der Waals surface area contributed by atoms with Crippen molar-refractivity contribution in [3.8, 4) is 16.9 Å². The lowest BCUT2D eigenvalue weighted by molar-refractivity contribution is 0.0942. The third kappa shape index (κ3) is 3.71. The first kappa shape index (κ1) is 18.4. The zero-order chi connectivity index (χ0) is 19.7. The van der Waals surface area contributed by atoms with Crippen molar-refractivity contribution in [2.45, 2.75) is 19.4 Å². The number of rotatable bonds is 4. The Bertz CT molecular complexity index is 1120. The largest absolute Gasteiger partial charge is 0.348 e. The maximum Gasteiger partial charge on any atom is 0.255 e. The van der Waals surface area contributed by atoms with Crippen LogP contribution in [-0.2, 0) is 9.84 Å². The average molecular weight is 395 g/mol. The molecule has 1 fully saturated rings. The van der Waals surface area contributed by atoms with Gasteiger partial charge < -0.3 is 5.32 Å². The van der Waals surface area contributed by atoms with Gasteiger partial charge in [0.05, 0.1) is 22.8 Å². The lowest BCUT2D eigenvalue weighted by atomic mass is 10.0. The number of carbonyl (C=O) groups excluding carboxylic acids is 1. The Morgan fingerprint density at radius 3 is 2.50 bits per heavy atom. The van der Waals surface area contributed by atoms with Crippen LogP contribution in [0.4, 0.5) is 0 Å². The summed E-state index contributed by atoms with van der Waals surface area (Å²) >= 11 is 0. The van der Waals surface area contributed by atoms with Crippen LogP contribution in [0.3, 0.4) is 0 Å². The van der Waals surface area contributed by atoms with E-state index < -0.39 is 9.84 Å². The van der Waals surface area contributed by atoms with E-state index in [1.807, 2.05) is 61.5 Å². The van der Waals surface area contributed by atoms with E-state index in [0.717, 1.165) is 16.8 Å². The van der Waals surface area contributed by atoms with Crippen molar-refractivity contribution in [2.75, 3.05) is 11.5 Å². The molecule has 4 rings (SSSR count). The number of aromatic nitrogens is 2. The molecule has 1 N–H and O–H groups in total. The molecule has 7 heteroatoms. The molecule has 1 amide bonds. The van der Waals surface area contributed by atoms with E-state index in [0.29, 0.717) is 17.7 Å². The first-order chi connectivity index (χ1) is 13.4. The van der Waals surface area contributed by atoms with Crippen molar-refractivity contribution in [2.24, 2.45) is 0 Å². The van der Waals surface area contributed by atoms with E-state index in [-0.39, 0.29) is 23.5 Å². The summed E-state index contributed by atoms with van der Waals surface area (Å²) in [5, 5.41) is 7.55. The van der Waals surface area contributed by atoms with Crippen molar-refractivity contribution in [1.29, 1.82) is 0 Å². The number of aryl methyl sites for hydroxylation is 1. The van der Waals surface area contributed by atoms with E-state index in [1.165, 1.54) is 0 Å². The Hall–Kier alpha value is -2.93. The number of hydrogen-bond donors (Lipinski definition) is 1. The van der Waals surface area contributed by atoms with E-state index in [4.69, 9.17) is 0 Å². The van der Waals surface area contributed by atoms with Crippen molar-refractivity contribution < 1.29 is 13.2 Å². The number of hydrogen-bond acceptors (Lipinski definition) is 4. The Kier molecular flexibility index (Phi) is 4.77. The molecule has 1 aromatic heterocycles. The van der Waals surface area contributed by atoms with Gasteiger partial charge in [-0.15, -0.1) is 0 Å². The molecule has 3 aromatic rings. The van der Waals surface area contributed by atoms with Gasteiger partial charge in [0.15, 0.2) is 9.84 Å². The lowest BCUT2D eigenvalue weighted by Crippen LogP contribution is -2.35. The molecule has 0 aliphatic carbocycles. The van der Waals surface area contributed by atoms with Crippen molar-refractivity contribution >= 4 is 15.7 Å². The average Bonchev–Trinajstić information content (AvgIpc) is 3.26. The monoisotopic (exact) mass is 395 g/mol. The number of sulfone groups is 1. The molecule has 1 unspecified atom stereocenters. The minimum Gasteiger partial charge on any atom is -0.348 e. The summed E-state index contributed by atoms with van der Waals surface area (Å²) in [4.78, 5) is 13.0. The van der Waals surface area contributed by atoms with Gasteiger partial charge in [-0.25, -0.2) is 13.1 Å². The summed E-state index contributed by atoms with van der Waals surface area (Å²) in [5.74, 6) is -0.195. The fourth-order valence-corrected chi connectivity index (χ4v) is 5.14. The molecule has 144 valence electrons. The number of benzene rings is 2. The number of carbonyl (C=O) groups is 1. The van der Waals surface area contributed by atoms with Gasteiger partial charge in [-0.1, -0.05) is 42.5 Å². The molecule has 1 aliphatic heterocycles. The fourth-order valence-electron chi connectivity index (χ4n) is 3.46. The normalized spacial score (nSPS) is 18.1. The maximum atomic E-state index is 13.0. The smallest absolute Gasteiger partial charge is 0.255 e. The first-order valence-corrected chi connectivity index (χ1v) is 11.0. The highest BCUT2D eigenvalue weighted by atomic mass is 32.2. The van der Waals surface area contributed by atoms with Crippen molar-refractivity contribution in [1.82, 2.24) is 15.1 Å². The van der Waals surface area contributed by atoms with E-state index in [2.05, 4.69) is 10.4 Å². The van der Waals surface area contributed by atoms with Crippen molar-refractivity contribution in [3.63, 3.8) is 0 Å². The zero-order valence-electron chi connectivity index (χ0n) is 15.5. The summed E-state index contributed by atoms with van der Waals surface area (Å²) in [5.41, 5.74) is 3.75. The summed E-state index contributed by atoms with van der Waals surface area (Å²) in [7, 11) is -3.07. The van der Waals surface area contributed by atoms with Gasteiger partial charge in [0.2, 0.25) is 0 Å². The summed E-state index contributed by atoms with van der Waals surface area (Å²) < 4.78 is 25.1. The molecule has 2 heterocycles. The van der Waals surface area contributed by atoms with Crippen LogP contribution in [0.5, 0.6) is 0 Å². The number of amides is 1. The second kappa shape index (κ2) is 7.24. The van der Waals surface area contributed by atoms with Crippen LogP contribution in [0.1, 0.15) is 22.3 Å². The predicted molar refractivity (Wildman–Crippen MR) is 108 cm³/mol. The second-order valence-electron chi connectivity index (χ2n) is 7.06. The Morgan fingerprint density at radius 1 is 1.11 bits per heavy atom. The molecule has 1 atom stereocenters. The molecule has 28 heavy (non-hydrogen) atoms. The molecular formula is C21H21N3O3S. The van der Waals surface area contributed by atoms with Gasteiger partial charge in [-0.2, -0.15) is 5.10 Å². The van der Waals surface area contributed by atoms with Crippen LogP contribution in [-0.4, -0.2) is 41.7 Å². The lowest BCUT2D eigenvalue weighted by Gasteiger charge is -2.11. The highest BCUT2D eigenvalue weighted by molar-refractivity contribution is 7.91. The molecule has 1 aliphatic rings. The SMILES string of the molecule is Cc1ccccc1-c1nn(-c2ccccc2)cc1C(=O)NC1CCS(=O)(=O)C1. The van der Waals surface area contributed by atoms with E-state index in [1.54, 1.807) is 10.9 Å². The van der Waals surface area contributed by atoms with Gasteiger partial charge in [-0.05, 0) is 31.0 Å². The van der Waals surface area contributed by atoms with Crippen LogP contribution in [0.2, 0.25) is 0 Å². The minimum atomic E-state index is -3.07. The topological polar surface area (TPSA) is 81.1 Å². The molecule has 0 radical (unpaired) electrons. The fraction of sp³-hybridized carbons (Fsp3) is 0.238. The molecule has 0 saturated carbocycles. The van der Waals surface area contributed by atoms with Gasteiger partial charge in [0.25, 0.3) is 5.91 Å². The van der Waals surface area contributed by atoms with E-state index in [9.17, 15) is 13.2 Å². The molecule has 2 aromatic carbocycles. The zero-order valence-corrected chi connectivity index (χ0v) is 16.3. The molecule has 0 bridgehead atoms. The Labute approximate surface area is 164 Å². The van der Waals surface area contributed by atoms with Gasteiger partial charge in [0, 0.05) is 17.8 Å². The van der Waals surface area contributed by atoms with Crippen LogP contribution >= 0.6 is 0 Å². The highest BCUT2D eigenvalue weighted by Gasteiger charge is 2.30. The summed E-state index contributed by atoms with van der Waals surface area (Å²) in [6.07, 6.45) is 2.15. The molecular weight excluding hydrogens is 374 g/mol. The van der Waals surface area contributed by atoms with Crippen LogP contribution < -0.4 is 5.32 Å². The van der Waals surface area contributed by atoms with Crippen LogP contribution in [0.25, 0.3) is 16.9 Å². The predicted octanol–water partition coefficient (Wildman–Crippen LogP) is 2.76. The first-order valence-electron chi connectivity index (χ1n) is 9.15. The van der Waals surface area contributed by atoms with Gasteiger partial charge in [-0.3, -0.25) is 4.79 Å². The third-order valence-electron chi connectivity index (χ3n) is 4.95. The van der Waals surface area contributed by atoms with Gasteiger partial charge >= 0.3 is 0 Å². The highest BCUT2D eigenvalue weighted by Crippen LogP contribution is 2.27. The summed E-state index contributed by atoms with van der Waals surface area (Å²) in [6.45, 7) is 1.97. The third-order valence-corrected chi connectivity index (χ3v) is 6.72. The quantitative estimate of drug-likeness (QED) is 0.737. The van der Waals surface area contributed by atoms with E-state index >= 15 is 0 Å². The molecule has 1 saturated heterocycles. The van der Waals surface area contributed by atoms with Gasteiger partial charge in [0.1, 0.15) is 5.69 Å². The molecule has 0 spiro atoms. The number of para-hydroxylation sites is 1. The second-order valence-corrected chi connectivity index (χ2v) is 9.29. The van der Waals surface area contributed by atoms with Crippen molar-refractivity contribution in [3.05, 3.63) is 71.9 Å². The Morgan fingerprint density at radius 2 is 1.82 bits per heavy atom. The summed E-state index contributed by atoms with van der Waals surface area (Å²) in [6, 6.07) is 17.0. The Balaban J connectivity index is 1.73. The van der Waals surface area contributed by atoms with Crippen LogP contribution in [0.15, 0.2) is 60.8 Å². The molecule has 6 nitrogen and oxygen atoms in total. The standard InChI is InChI=1S/C21H21N3O3S/c1-15-7-5-6-10-18(15)20-19(13-24(23-20)17-8-3-2-4-9-17)21(25)22-16-11-12-28(26,27)14-16/h2-10,13,16H,11-12,14H2,1H3,(H,22,25). The maximum absolute atomic E-state index is 13.0. The minimum absolute atomic E-state index is 0.00867. The van der Waals surface area contributed by atoms with Crippen LogP contribution in [0, 0.1) is 6.92 Å².